The number of benzene rings is 1. The third kappa shape index (κ3) is 6.88. The summed E-state index contributed by atoms with van der Waals surface area (Å²) < 4.78 is 51.7. The predicted molar refractivity (Wildman–Crippen MR) is 163 cm³/mol. The lowest BCUT2D eigenvalue weighted by molar-refractivity contribution is -0.347. The molecule has 0 bridgehead atoms. The molecule has 0 amide bonds. The number of aliphatic hydroxyl groups is 6. The molecule has 17 nitrogen and oxygen atoms in total. The first-order valence-corrected chi connectivity index (χ1v) is 16.2. The topological polar surface area (TPSA) is 242 Å². The van der Waals surface area contributed by atoms with Crippen LogP contribution in [0.15, 0.2) is 42.7 Å². The fourth-order valence-electron chi connectivity index (χ4n) is 7.06. The van der Waals surface area contributed by atoms with Crippen molar-refractivity contribution in [1.29, 1.82) is 0 Å². The second-order valence-electron chi connectivity index (χ2n) is 12.8. The second-order valence-corrected chi connectivity index (χ2v) is 12.8. The highest BCUT2D eigenvalue weighted by Crippen LogP contribution is 2.61. The lowest BCUT2D eigenvalue weighted by Crippen LogP contribution is -2.61. The fourth-order valence-corrected chi connectivity index (χ4v) is 7.06. The Hall–Kier alpha value is -3.20. The van der Waals surface area contributed by atoms with Gasteiger partial charge in [-0.15, -0.1) is 0 Å². The molecule has 4 heterocycles. The van der Waals surface area contributed by atoms with Crippen LogP contribution < -0.4 is 4.74 Å². The summed E-state index contributed by atoms with van der Waals surface area (Å²) in [6.45, 7) is 1.50. The Morgan fingerprint density at radius 2 is 1.62 bits per heavy atom. The highest BCUT2D eigenvalue weighted by molar-refractivity contribution is 5.87. The first-order chi connectivity index (χ1) is 23.9. The van der Waals surface area contributed by atoms with E-state index in [0.717, 1.165) is 13.0 Å². The Bertz CT molecular complexity index is 1420. The number of carbonyl (C=O) groups is 2. The van der Waals surface area contributed by atoms with E-state index in [2.05, 4.69) is 0 Å². The molecule has 4 fully saturated rings. The molecule has 1 aromatic carbocycles. The van der Waals surface area contributed by atoms with Gasteiger partial charge in [0.25, 0.3) is 0 Å². The van der Waals surface area contributed by atoms with Crippen molar-refractivity contribution >= 4 is 18.0 Å². The summed E-state index contributed by atoms with van der Waals surface area (Å²) in [4.78, 5) is 25.2. The Labute approximate surface area is 286 Å². The molecule has 6 rings (SSSR count). The van der Waals surface area contributed by atoms with Gasteiger partial charge in [0, 0.05) is 18.9 Å². The number of hydrogen-bond donors (Lipinski definition) is 6. The Kier molecular flexibility index (Phi) is 10.8. The second kappa shape index (κ2) is 14.8. The average molecular weight is 711 g/mol. The van der Waals surface area contributed by atoms with E-state index < -0.39 is 122 Å². The van der Waals surface area contributed by atoms with Crippen molar-refractivity contribution < 1.29 is 82.9 Å². The van der Waals surface area contributed by atoms with Gasteiger partial charge < -0.3 is 73.3 Å². The summed E-state index contributed by atoms with van der Waals surface area (Å²) in [5, 5.41) is 62.1. The molecule has 5 aliphatic rings. The fraction of sp³-hybridized carbons (Fsp3) is 0.636. The maximum Gasteiger partial charge on any atom is 0.331 e. The van der Waals surface area contributed by atoms with E-state index in [0.29, 0.717) is 11.3 Å². The van der Waals surface area contributed by atoms with Crippen LogP contribution in [0, 0.1) is 11.8 Å². The van der Waals surface area contributed by atoms with Gasteiger partial charge in [-0.2, -0.15) is 0 Å². The summed E-state index contributed by atoms with van der Waals surface area (Å²) in [7, 11) is 1.53. The molecule has 0 spiro atoms. The molecule has 6 N–H and O–H groups in total. The first kappa shape index (κ1) is 36.6. The van der Waals surface area contributed by atoms with E-state index in [1.54, 1.807) is 30.3 Å². The van der Waals surface area contributed by atoms with E-state index in [1.807, 2.05) is 0 Å². The van der Waals surface area contributed by atoms with Gasteiger partial charge in [0.05, 0.1) is 44.7 Å². The number of methoxy groups -OCH3 is 1. The van der Waals surface area contributed by atoms with Crippen LogP contribution in [0.25, 0.3) is 6.08 Å². The molecular weight excluding hydrogens is 668 g/mol. The van der Waals surface area contributed by atoms with Crippen molar-refractivity contribution in [3.05, 3.63) is 48.2 Å². The molecule has 16 atom stereocenters. The zero-order chi connectivity index (χ0) is 35.9. The van der Waals surface area contributed by atoms with Gasteiger partial charge in [0.15, 0.2) is 24.8 Å². The summed E-state index contributed by atoms with van der Waals surface area (Å²) in [5.41, 5.74) is -0.583. The number of ether oxygens (including phenoxy) is 9. The summed E-state index contributed by atoms with van der Waals surface area (Å²) >= 11 is 0. The minimum atomic E-state index is -1.71. The van der Waals surface area contributed by atoms with Crippen molar-refractivity contribution in [2.45, 2.75) is 99.4 Å². The van der Waals surface area contributed by atoms with E-state index in [-0.39, 0.29) is 0 Å². The Morgan fingerprint density at radius 1 is 0.880 bits per heavy atom. The molecule has 276 valence electrons. The van der Waals surface area contributed by atoms with Crippen molar-refractivity contribution in [3.8, 4) is 5.75 Å². The highest BCUT2D eigenvalue weighted by Gasteiger charge is 2.77. The molecule has 1 aliphatic carbocycles. The van der Waals surface area contributed by atoms with Crippen LogP contribution in [-0.4, -0.2) is 148 Å². The van der Waals surface area contributed by atoms with E-state index >= 15 is 0 Å². The molecule has 4 aliphatic heterocycles. The van der Waals surface area contributed by atoms with Gasteiger partial charge in [0.1, 0.15) is 48.0 Å². The van der Waals surface area contributed by atoms with Gasteiger partial charge in [0.2, 0.25) is 6.29 Å². The lowest BCUT2D eigenvalue weighted by atomic mass is 9.85. The minimum absolute atomic E-state index is 0.501. The Morgan fingerprint density at radius 3 is 2.28 bits per heavy atom. The number of aliphatic hydroxyl groups excluding tert-OH is 6. The van der Waals surface area contributed by atoms with Crippen LogP contribution in [0.5, 0.6) is 5.75 Å². The van der Waals surface area contributed by atoms with Crippen LogP contribution in [0.4, 0.5) is 0 Å². The number of rotatable bonds is 11. The summed E-state index contributed by atoms with van der Waals surface area (Å²) in [6, 6.07) is 6.89. The van der Waals surface area contributed by atoms with Crippen molar-refractivity contribution in [3.63, 3.8) is 0 Å². The van der Waals surface area contributed by atoms with Crippen LogP contribution in [-0.2, 0) is 47.5 Å². The number of hydrogen-bond acceptors (Lipinski definition) is 17. The molecule has 1 saturated carbocycles. The first-order valence-electron chi connectivity index (χ1n) is 16.2. The summed E-state index contributed by atoms with van der Waals surface area (Å²) in [5.74, 6) is -2.34. The number of fused-ring (bicyclic) bond motifs is 3. The molecular formula is C33H42O17. The quantitative estimate of drug-likeness (QED) is 0.0835. The lowest BCUT2D eigenvalue weighted by Gasteiger charge is -2.44. The molecule has 0 unspecified atom stereocenters. The third-order valence-electron chi connectivity index (χ3n) is 9.73. The molecule has 3 saturated heterocycles. The van der Waals surface area contributed by atoms with Crippen molar-refractivity contribution in [1.82, 2.24) is 0 Å². The molecule has 1 aromatic rings. The molecule has 17 heteroatoms. The smallest absolute Gasteiger partial charge is 0.331 e. The van der Waals surface area contributed by atoms with E-state index in [4.69, 9.17) is 42.6 Å². The SMILES string of the molecule is COc1ccc(/C=C/C(=O)O[C@H]2[C@H](O)[C@@H](C)O[C@H](O[C@@H]3[C@H]4C=CO[C@H](O[C@H]5O[C@@H](CO)[C@H](O)[C@@H](O)[C@@H]5O)[C@H]4[C@]4(CO)O[C@H]34)[C@@H]2OC(C)=O)cc1. The van der Waals surface area contributed by atoms with Gasteiger partial charge in [-0.25, -0.2) is 4.79 Å². The molecule has 0 radical (unpaired) electrons. The normalized spacial score (nSPS) is 43.4. The van der Waals surface area contributed by atoms with Gasteiger partial charge in [-0.05, 0) is 36.8 Å². The monoisotopic (exact) mass is 710 g/mol. The molecule has 0 aromatic heterocycles. The predicted octanol–water partition coefficient (Wildman–Crippen LogP) is -1.89. The zero-order valence-corrected chi connectivity index (χ0v) is 27.4. The third-order valence-corrected chi connectivity index (χ3v) is 9.73. The maximum atomic E-state index is 12.9. The van der Waals surface area contributed by atoms with Crippen LogP contribution in [0.3, 0.4) is 0 Å². The average Bonchev–Trinajstić information content (AvgIpc) is 3.78. The van der Waals surface area contributed by atoms with Gasteiger partial charge in [-0.3, -0.25) is 4.79 Å². The molecule has 50 heavy (non-hydrogen) atoms. The standard InChI is InChI=1S/C33H42O17/c1-14-22(38)27(47-20(37)9-6-16-4-7-17(42-3)8-5-16)28(45-15(2)36)32(44-14)48-26-18-10-11-43-30(21(18)33(13-35)29(26)50-33)49-31-25(41)24(40)23(39)19(12-34)46-31/h4-11,14,18-19,21-32,34-35,38-41H,12-13H2,1-3H3/b9-6+/t14-,18+,19+,21+,22-,23+,24-,25+,26-,27+,28-,29-,30-,31-,32-,33+/m1/s1. The van der Waals surface area contributed by atoms with E-state index in [9.17, 15) is 40.2 Å². The van der Waals surface area contributed by atoms with Crippen molar-refractivity contribution in [2.75, 3.05) is 20.3 Å². The van der Waals surface area contributed by atoms with Crippen LogP contribution >= 0.6 is 0 Å². The summed E-state index contributed by atoms with van der Waals surface area (Å²) in [6.07, 6.45) is -11.6. The highest BCUT2D eigenvalue weighted by atomic mass is 16.8. The van der Waals surface area contributed by atoms with Crippen LogP contribution in [0.1, 0.15) is 19.4 Å². The van der Waals surface area contributed by atoms with E-state index in [1.165, 1.54) is 26.4 Å². The van der Waals surface area contributed by atoms with Crippen molar-refractivity contribution in [2.24, 2.45) is 11.8 Å². The number of carbonyl (C=O) groups excluding carboxylic acids is 2. The Balaban J connectivity index is 1.19. The van der Waals surface area contributed by atoms with Gasteiger partial charge >= 0.3 is 11.9 Å². The van der Waals surface area contributed by atoms with Gasteiger partial charge in [-0.1, -0.05) is 12.1 Å². The number of esters is 2. The zero-order valence-electron chi connectivity index (χ0n) is 27.4. The minimum Gasteiger partial charge on any atom is -0.497 e. The largest absolute Gasteiger partial charge is 0.497 e. The van der Waals surface area contributed by atoms with Crippen LogP contribution in [0.2, 0.25) is 0 Å². The number of epoxide rings is 1. The maximum absolute atomic E-state index is 12.9.